The third-order valence-corrected chi connectivity index (χ3v) is 4.55. The molecule has 2 aromatic carbocycles. The monoisotopic (exact) mass is 377 g/mol. The van der Waals surface area contributed by atoms with Crippen LogP contribution >= 0.6 is 0 Å². The molecule has 0 spiro atoms. The molecule has 0 saturated heterocycles. The number of rotatable bonds is 7. The van der Waals surface area contributed by atoms with Crippen LogP contribution in [-0.2, 0) is 11.3 Å². The molecule has 3 rings (SSSR count). The maximum atomic E-state index is 12.5. The third kappa shape index (κ3) is 4.57. The largest absolute Gasteiger partial charge is 0.369 e. The number of nitrogens with one attached hydrogen (secondary N) is 1. The van der Waals surface area contributed by atoms with Crippen LogP contribution in [-0.4, -0.2) is 33.3 Å². The van der Waals surface area contributed by atoms with Crippen molar-refractivity contribution in [3.63, 3.8) is 0 Å². The maximum Gasteiger partial charge on any atom is 0.246 e. The molecule has 0 bridgehead atoms. The van der Waals surface area contributed by atoms with E-state index in [2.05, 4.69) is 41.1 Å². The fourth-order valence-electron chi connectivity index (χ4n) is 3.29. The lowest BCUT2D eigenvalue weighted by molar-refractivity contribution is -0.116. The van der Waals surface area contributed by atoms with Gasteiger partial charge in [0.2, 0.25) is 5.91 Å². The van der Waals surface area contributed by atoms with E-state index in [9.17, 15) is 4.79 Å². The molecular formula is C22H27N5O. The summed E-state index contributed by atoms with van der Waals surface area (Å²) in [5, 5.41) is 7.32. The van der Waals surface area contributed by atoms with E-state index in [0.29, 0.717) is 17.7 Å². The zero-order chi connectivity index (χ0) is 20.1. The molecule has 0 fully saturated rings. The minimum Gasteiger partial charge on any atom is -0.369 e. The van der Waals surface area contributed by atoms with Crippen molar-refractivity contribution in [1.29, 1.82) is 0 Å². The zero-order valence-electron chi connectivity index (χ0n) is 16.9. The number of hydrogen-bond donors (Lipinski definition) is 1. The van der Waals surface area contributed by atoms with Crippen LogP contribution in [0.5, 0.6) is 0 Å². The topological polar surface area (TPSA) is 63.1 Å². The van der Waals surface area contributed by atoms with Gasteiger partial charge in [-0.25, -0.2) is 9.67 Å². The summed E-state index contributed by atoms with van der Waals surface area (Å²) in [6.45, 7) is 9.36. The van der Waals surface area contributed by atoms with Gasteiger partial charge in [-0.05, 0) is 52.0 Å². The Hall–Kier alpha value is -3.15. The highest BCUT2D eigenvalue weighted by molar-refractivity contribution is 5.91. The molecule has 1 heterocycles. The number of carbonyl (C=O) groups excluding carboxylic acids is 1. The highest BCUT2D eigenvalue weighted by Gasteiger charge is 2.13. The van der Waals surface area contributed by atoms with Gasteiger partial charge in [0, 0.05) is 29.5 Å². The van der Waals surface area contributed by atoms with Gasteiger partial charge in [-0.3, -0.25) is 4.79 Å². The molecule has 0 aliphatic heterocycles. The number of anilines is 2. The number of aryl methyl sites for hydroxylation is 1. The van der Waals surface area contributed by atoms with Crippen LogP contribution in [0.25, 0.3) is 11.4 Å². The summed E-state index contributed by atoms with van der Waals surface area (Å²) in [7, 11) is 0. The highest BCUT2D eigenvalue weighted by atomic mass is 16.2. The second-order valence-corrected chi connectivity index (χ2v) is 6.98. The predicted molar refractivity (Wildman–Crippen MR) is 113 cm³/mol. The van der Waals surface area contributed by atoms with E-state index in [1.54, 1.807) is 4.68 Å². The Morgan fingerprint density at radius 2 is 1.79 bits per heavy atom. The van der Waals surface area contributed by atoms with E-state index in [-0.39, 0.29) is 12.5 Å². The third-order valence-electron chi connectivity index (χ3n) is 4.55. The Morgan fingerprint density at radius 3 is 2.39 bits per heavy atom. The normalized spacial score (nSPS) is 10.9. The molecule has 1 amide bonds. The molecule has 146 valence electrons. The molecule has 0 radical (unpaired) electrons. The van der Waals surface area contributed by atoms with Crippen molar-refractivity contribution < 1.29 is 4.79 Å². The molecule has 6 heteroatoms. The van der Waals surface area contributed by atoms with Crippen LogP contribution in [0.2, 0.25) is 0 Å². The van der Waals surface area contributed by atoms with Gasteiger partial charge in [-0.1, -0.05) is 30.3 Å². The summed E-state index contributed by atoms with van der Waals surface area (Å²) in [5.74, 6) is 1.20. The maximum absolute atomic E-state index is 12.5. The van der Waals surface area contributed by atoms with Gasteiger partial charge < -0.3 is 10.2 Å². The Morgan fingerprint density at radius 1 is 1.11 bits per heavy atom. The average molecular weight is 377 g/mol. The molecule has 28 heavy (non-hydrogen) atoms. The van der Waals surface area contributed by atoms with Crippen LogP contribution in [0.3, 0.4) is 0 Å². The minimum atomic E-state index is -0.133. The van der Waals surface area contributed by atoms with Gasteiger partial charge in [0.15, 0.2) is 5.82 Å². The van der Waals surface area contributed by atoms with Crippen LogP contribution in [0, 0.1) is 6.92 Å². The summed E-state index contributed by atoms with van der Waals surface area (Å²) in [4.78, 5) is 19.3. The molecule has 1 aromatic heterocycles. The summed E-state index contributed by atoms with van der Waals surface area (Å²) in [6.07, 6.45) is 0. The SMILES string of the molecule is CCN(c1ccc(NC(=O)Cn2nc(C)nc2-c2ccccc2)cc1)C(C)C. The Kier molecular flexibility index (Phi) is 6.09. The first-order chi connectivity index (χ1) is 13.5. The molecule has 0 atom stereocenters. The highest BCUT2D eigenvalue weighted by Crippen LogP contribution is 2.20. The molecule has 3 aromatic rings. The van der Waals surface area contributed by atoms with Crippen LogP contribution in [0.15, 0.2) is 54.6 Å². The zero-order valence-corrected chi connectivity index (χ0v) is 16.9. The first-order valence-corrected chi connectivity index (χ1v) is 9.61. The molecular weight excluding hydrogens is 350 g/mol. The van der Waals surface area contributed by atoms with Crippen molar-refractivity contribution in [2.75, 3.05) is 16.8 Å². The lowest BCUT2D eigenvalue weighted by Crippen LogP contribution is -2.30. The van der Waals surface area contributed by atoms with Crippen molar-refractivity contribution in [2.45, 2.75) is 40.3 Å². The van der Waals surface area contributed by atoms with Gasteiger partial charge in [0.25, 0.3) is 0 Å². The van der Waals surface area contributed by atoms with Crippen molar-refractivity contribution in [3.05, 3.63) is 60.4 Å². The quantitative estimate of drug-likeness (QED) is 0.672. The van der Waals surface area contributed by atoms with E-state index >= 15 is 0 Å². The van der Waals surface area contributed by atoms with Gasteiger partial charge in [-0.2, -0.15) is 5.10 Å². The van der Waals surface area contributed by atoms with Gasteiger partial charge in [-0.15, -0.1) is 0 Å². The van der Waals surface area contributed by atoms with E-state index < -0.39 is 0 Å². The number of amides is 1. The standard InChI is InChI=1S/C22H27N5O/c1-5-26(16(2)3)20-13-11-19(12-14-20)24-21(28)15-27-22(23-17(4)25-27)18-9-7-6-8-10-18/h6-14,16H,5,15H2,1-4H3,(H,24,28). The Balaban J connectivity index is 1.70. The van der Waals surface area contributed by atoms with Gasteiger partial charge in [0.1, 0.15) is 12.4 Å². The Labute approximate surface area is 166 Å². The van der Waals surface area contributed by atoms with Crippen LogP contribution < -0.4 is 10.2 Å². The summed E-state index contributed by atoms with van der Waals surface area (Å²) in [5.41, 5.74) is 2.86. The second-order valence-electron chi connectivity index (χ2n) is 6.98. The summed E-state index contributed by atoms with van der Waals surface area (Å²) < 4.78 is 1.64. The summed E-state index contributed by atoms with van der Waals surface area (Å²) >= 11 is 0. The van der Waals surface area contributed by atoms with Crippen molar-refractivity contribution in [3.8, 4) is 11.4 Å². The number of aromatic nitrogens is 3. The van der Waals surface area contributed by atoms with E-state index in [1.165, 1.54) is 0 Å². The van der Waals surface area contributed by atoms with Crippen molar-refractivity contribution in [1.82, 2.24) is 14.8 Å². The minimum absolute atomic E-state index is 0.111. The number of nitrogens with zero attached hydrogens (tertiary/aromatic N) is 4. The molecule has 0 aliphatic carbocycles. The molecule has 1 N–H and O–H groups in total. The van der Waals surface area contributed by atoms with E-state index in [4.69, 9.17) is 0 Å². The number of carbonyl (C=O) groups is 1. The average Bonchev–Trinajstić information content (AvgIpc) is 3.04. The van der Waals surface area contributed by atoms with Crippen molar-refractivity contribution >= 4 is 17.3 Å². The fraction of sp³-hybridized carbons (Fsp3) is 0.318. The first-order valence-electron chi connectivity index (χ1n) is 9.61. The predicted octanol–water partition coefficient (Wildman–Crippen LogP) is 4.13. The molecule has 0 unspecified atom stereocenters. The first kappa shape index (κ1) is 19.6. The Bertz CT molecular complexity index is 916. The van der Waals surface area contributed by atoms with Crippen molar-refractivity contribution in [2.24, 2.45) is 0 Å². The van der Waals surface area contributed by atoms with E-state index in [0.717, 1.165) is 23.5 Å². The summed E-state index contributed by atoms with van der Waals surface area (Å²) in [6, 6.07) is 18.1. The lowest BCUT2D eigenvalue weighted by Gasteiger charge is -2.27. The number of benzene rings is 2. The van der Waals surface area contributed by atoms with Crippen LogP contribution in [0.1, 0.15) is 26.6 Å². The molecule has 6 nitrogen and oxygen atoms in total. The molecule has 0 aliphatic rings. The van der Waals surface area contributed by atoms with Gasteiger partial charge >= 0.3 is 0 Å². The van der Waals surface area contributed by atoms with Gasteiger partial charge in [0.05, 0.1) is 0 Å². The lowest BCUT2D eigenvalue weighted by atomic mass is 10.2. The number of hydrogen-bond acceptors (Lipinski definition) is 4. The van der Waals surface area contributed by atoms with Crippen LogP contribution in [0.4, 0.5) is 11.4 Å². The molecule has 0 saturated carbocycles. The van der Waals surface area contributed by atoms with E-state index in [1.807, 2.05) is 61.5 Å². The smallest absolute Gasteiger partial charge is 0.246 e. The fourth-order valence-corrected chi connectivity index (χ4v) is 3.29. The second kappa shape index (κ2) is 8.69.